The third-order valence-electron chi connectivity index (χ3n) is 3.41. The number of benzene rings is 2. The van der Waals surface area contributed by atoms with Crippen molar-refractivity contribution in [1.82, 2.24) is 9.55 Å². The molecule has 0 bridgehead atoms. The van der Waals surface area contributed by atoms with E-state index < -0.39 is 23.4 Å². The van der Waals surface area contributed by atoms with E-state index in [4.69, 9.17) is 0 Å². The molecular weight excluding hydrogens is 319 g/mol. The molecule has 7 heteroatoms. The Kier molecular flexibility index (Phi) is 4.07. The topological polar surface area (TPSA) is 46.9 Å². The molecule has 0 atom stereocenters. The standard InChI is InChI=1S/C17H12F3N3O/c1-23-9-21-15(10-2-4-12(18)5-3-10)16(23)22-17(24)11-6-13(19)8-14(20)7-11/h2-9H,1H3,(H,22,24). The number of hydrogen-bond donors (Lipinski definition) is 1. The molecule has 0 saturated heterocycles. The van der Waals surface area contributed by atoms with Crippen LogP contribution in [0.3, 0.4) is 0 Å². The fourth-order valence-corrected chi connectivity index (χ4v) is 2.26. The molecule has 3 aromatic rings. The van der Waals surface area contributed by atoms with Crippen LogP contribution in [-0.2, 0) is 7.05 Å². The number of carbonyl (C=O) groups is 1. The molecule has 0 saturated carbocycles. The van der Waals surface area contributed by atoms with E-state index in [1.165, 1.54) is 30.6 Å². The molecule has 0 unspecified atom stereocenters. The predicted molar refractivity (Wildman–Crippen MR) is 82.9 cm³/mol. The molecule has 0 spiro atoms. The molecule has 0 aliphatic carbocycles. The first-order valence-corrected chi connectivity index (χ1v) is 6.99. The first-order valence-electron chi connectivity index (χ1n) is 6.99. The van der Waals surface area contributed by atoms with Gasteiger partial charge in [0.15, 0.2) is 0 Å². The summed E-state index contributed by atoms with van der Waals surface area (Å²) in [5.74, 6) is -2.43. The van der Waals surface area contributed by atoms with Crippen LogP contribution in [0.5, 0.6) is 0 Å². The normalized spacial score (nSPS) is 10.7. The molecule has 2 aromatic carbocycles. The Labute approximate surface area is 135 Å². The van der Waals surface area contributed by atoms with Gasteiger partial charge in [0.05, 0.1) is 6.33 Å². The number of aryl methyl sites for hydroxylation is 1. The second-order valence-electron chi connectivity index (χ2n) is 5.17. The van der Waals surface area contributed by atoms with Crippen molar-refractivity contribution >= 4 is 11.7 Å². The Balaban J connectivity index is 1.94. The van der Waals surface area contributed by atoms with Gasteiger partial charge in [0.25, 0.3) is 5.91 Å². The number of anilines is 1. The molecule has 0 aliphatic rings. The van der Waals surface area contributed by atoms with E-state index in [2.05, 4.69) is 10.3 Å². The van der Waals surface area contributed by atoms with E-state index in [0.29, 0.717) is 23.1 Å². The number of nitrogens with one attached hydrogen (secondary N) is 1. The van der Waals surface area contributed by atoms with Gasteiger partial charge in [-0.3, -0.25) is 4.79 Å². The van der Waals surface area contributed by atoms with Crippen molar-refractivity contribution in [3.63, 3.8) is 0 Å². The lowest BCUT2D eigenvalue weighted by atomic mass is 10.1. The highest BCUT2D eigenvalue weighted by atomic mass is 19.1. The molecule has 1 heterocycles. The molecule has 0 aliphatic heterocycles. The molecule has 24 heavy (non-hydrogen) atoms. The average Bonchev–Trinajstić information content (AvgIpc) is 2.88. The van der Waals surface area contributed by atoms with Gasteiger partial charge in [0, 0.05) is 24.2 Å². The summed E-state index contributed by atoms with van der Waals surface area (Å²) in [6, 6.07) is 8.16. The molecule has 0 radical (unpaired) electrons. The largest absolute Gasteiger partial charge is 0.320 e. The second-order valence-corrected chi connectivity index (χ2v) is 5.17. The van der Waals surface area contributed by atoms with E-state index in [9.17, 15) is 18.0 Å². The van der Waals surface area contributed by atoms with Crippen molar-refractivity contribution in [1.29, 1.82) is 0 Å². The van der Waals surface area contributed by atoms with E-state index in [1.807, 2.05) is 0 Å². The SMILES string of the molecule is Cn1cnc(-c2ccc(F)cc2)c1NC(=O)c1cc(F)cc(F)c1. The molecule has 4 nitrogen and oxygen atoms in total. The Bertz CT molecular complexity index is 884. The number of hydrogen-bond acceptors (Lipinski definition) is 2. The minimum absolute atomic E-state index is 0.154. The Morgan fingerprint density at radius 1 is 1.00 bits per heavy atom. The maximum atomic E-state index is 13.3. The van der Waals surface area contributed by atoms with Crippen molar-refractivity contribution in [2.45, 2.75) is 0 Å². The lowest BCUT2D eigenvalue weighted by Crippen LogP contribution is -2.15. The summed E-state index contributed by atoms with van der Waals surface area (Å²) < 4.78 is 41.1. The van der Waals surface area contributed by atoms with Gasteiger partial charge in [-0.25, -0.2) is 18.2 Å². The Morgan fingerprint density at radius 2 is 1.62 bits per heavy atom. The van der Waals surface area contributed by atoms with Crippen molar-refractivity contribution in [3.05, 3.63) is 71.8 Å². The maximum Gasteiger partial charge on any atom is 0.257 e. The zero-order valence-electron chi connectivity index (χ0n) is 12.6. The summed E-state index contributed by atoms with van der Waals surface area (Å²) in [6.07, 6.45) is 1.47. The zero-order chi connectivity index (χ0) is 17.3. The van der Waals surface area contributed by atoms with Crippen LogP contribution in [0.1, 0.15) is 10.4 Å². The van der Waals surface area contributed by atoms with Crippen molar-refractivity contribution in [3.8, 4) is 11.3 Å². The molecule has 0 fully saturated rings. The number of aromatic nitrogens is 2. The van der Waals surface area contributed by atoms with Gasteiger partial charge in [0.1, 0.15) is 29.0 Å². The Hall–Kier alpha value is -3.09. The minimum Gasteiger partial charge on any atom is -0.320 e. The van der Waals surface area contributed by atoms with E-state index in [-0.39, 0.29) is 5.56 Å². The van der Waals surface area contributed by atoms with Gasteiger partial charge >= 0.3 is 0 Å². The van der Waals surface area contributed by atoms with Crippen LogP contribution >= 0.6 is 0 Å². The number of nitrogens with zero attached hydrogens (tertiary/aromatic N) is 2. The molecular formula is C17H12F3N3O. The van der Waals surface area contributed by atoms with Crippen LogP contribution in [-0.4, -0.2) is 15.5 Å². The molecule has 3 rings (SSSR count). The van der Waals surface area contributed by atoms with Crippen LogP contribution < -0.4 is 5.32 Å². The summed E-state index contributed by atoms with van der Waals surface area (Å²) in [6.45, 7) is 0. The van der Waals surface area contributed by atoms with E-state index in [1.54, 1.807) is 11.6 Å². The fraction of sp³-hybridized carbons (Fsp3) is 0.0588. The number of rotatable bonds is 3. The van der Waals surface area contributed by atoms with Gasteiger partial charge in [-0.05, 0) is 36.4 Å². The summed E-state index contributed by atoms with van der Waals surface area (Å²) in [7, 11) is 1.65. The van der Waals surface area contributed by atoms with Gasteiger partial charge in [-0.15, -0.1) is 0 Å². The number of carbonyl (C=O) groups excluding carboxylic acids is 1. The highest BCUT2D eigenvalue weighted by Gasteiger charge is 2.16. The van der Waals surface area contributed by atoms with Crippen molar-refractivity contribution < 1.29 is 18.0 Å². The number of imidazole rings is 1. The van der Waals surface area contributed by atoms with Gasteiger partial charge < -0.3 is 9.88 Å². The van der Waals surface area contributed by atoms with Gasteiger partial charge in [-0.1, -0.05) is 0 Å². The number of halogens is 3. The summed E-state index contributed by atoms with van der Waals surface area (Å²) >= 11 is 0. The molecule has 122 valence electrons. The molecule has 1 amide bonds. The van der Waals surface area contributed by atoms with Crippen LogP contribution in [0.15, 0.2) is 48.8 Å². The quantitative estimate of drug-likeness (QED) is 0.794. The predicted octanol–water partition coefficient (Wildman–Crippen LogP) is 3.76. The summed E-state index contributed by atoms with van der Waals surface area (Å²) in [4.78, 5) is 16.4. The number of amides is 1. The fourth-order valence-electron chi connectivity index (χ4n) is 2.26. The zero-order valence-corrected chi connectivity index (χ0v) is 12.6. The minimum atomic E-state index is -0.844. The van der Waals surface area contributed by atoms with Gasteiger partial charge in [0.2, 0.25) is 0 Å². The summed E-state index contributed by atoms with van der Waals surface area (Å²) in [5.41, 5.74) is 0.860. The molecule has 1 aromatic heterocycles. The second kappa shape index (κ2) is 6.19. The third kappa shape index (κ3) is 3.15. The van der Waals surface area contributed by atoms with Crippen molar-refractivity contribution in [2.24, 2.45) is 7.05 Å². The first kappa shape index (κ1) is 15.8. The smallest absolute Gasteiger partial charge is 0.257 e. The van der Waals surface area contributed by atoms with Gasteiger partial charge in [-0.2, -0.15) is 0 Å². The first-order chi connectivity index (χ1) is 11.4. The third-order valence-corrected chi connectivity index (χ3v) is 3.41. The molecule has 1 N–H and O–H groups in total. The van der Waals surface area contributed by atoms with Crippen molar-refractivity contribution in [2.75, 3.05) is 5.32 Å². The lowest BCUT2D eigenvalue weighted by molar-refractivity contribution is 0.102. The monoisotopic (exact) mass is 331 g/mol. The van der Waals surface area contributed by atoms with Crippen LogP contribution in [0.25, 0.3) is 11.3 Å². The highest BCUT2D eigenvalue weighted by molar-refractivity contribution is 6.05. The van der Waals surface area contributed by atoms with Crippen LogP contribution in [0.2, 0.25) is 0 Å². The maximum absolute atomic E-state index is 13.3. The Morgan fingerprint density at radius 3 is 2.25 bits per heavy atom. The van der Waals surface area contributed by atoms with Crippen LogP contribution in [0.4, 0.5) is 19.0 Å². The summed E-state index contributed by atoms with van der Waals surface area (Å²) in [5, 5.41) is 2.58. The highest BCUT2D eigenvalue weighted by Crippen LogP contribution is 2.26. The van der Waals surface area contributed by atoms with E-state index in [0.717, 1.165) is 12.1 Å². The van der Waals surface area contributed by atoms with Crippen LogP contribution in [0, 0.1) is 17.5 Å². The van der Waals surface area contributed by atoms with E-state index >= 15 is 0 Å². The average molecular weight is 331 g/mol. The lowest BCUT2D eigenvalue weighted by Gasteiger charge is -2.09.